The number of nitrogens with zero attached hydrogens (tertiary/aromatic N) is 1. The molecule has 8 heteroatoms. The predicted molar refractivity (Wildman–Crippen MR) is 172 cm³/mol. The molecule has 0 aliphatic carbocycles. The minimum Gasteiger partial charge on any atom is -0.508 e. The molecule has 43 heavy (non-hydrogen) atoms. The van der Waals surface area contributed by atoms with E-state index >= 15 is 0 Å². The van der Waals surface area contributed by atoms with Crippen LogP contribution in [0, 0.1) is 5.92 Å². The van der Waals surface area contributed by atoms with Crippen molar-refractivity contribution in [1.29, 1.82) is 0 Å². The Balaban J connectivity index is 2.68. The number of alkyl carbamates (subject to hydrolysis) is 1. The standard InChI is InChI=1S/C35H53N3O5/c1-11-25-14-18-27(19-15-25)30(31(40)37-34(5,6)7)38(24(4)13-12-23(2)3)32(41)29(36-33(42)43-35(8,9)10)22-26-16-20-28(39)21-17-26/h14-21,23-24,29-30,39H,11-13,22H2,1-10H3,(H,36,42)(H,37,40). The van der Waals surface area contributed by atoms with E-state index in [1.165, 1.54) is 0 Å². The van der Waals surface area contributed by atoms with Gasteiger partial charge in [-0.15, -0.1) is 0 Å². The zero-order valence-electron chi connectivity index (χ0n) is 27.8. The molecule has 3 unspecified atom stereocenters. The van der Waals surface area contributed by atoms with E-state index in [9.17, 15) is 19.5 Å². The summed E-state index contributed by atoms with van der Waals surface area (Å²) in [6.07, 6.45) is 1.81. The van der Waals surface area contributed by atoms with Crippen LogP contribution in [0.4, 0.5) is 4.79 Å². The van der Waals surface area contributed by atoms with Gasteiger partial charge in [-0.25, -0.2) is 4.79 Å². The fourth-order valence-corrected chi connectivity index (χ4v) is 4.82. The van der Waals surface area contributed by atoms with Crippen molar-refractivity contribution in [1.82, 2.24) is 15.5 Å². The normalized spacial score (nSPS) is 14.0. The molecule has 0 aromatic heterocycles. The van der Waals surface area contributed by atoms with Crippen LogP contribution >= 0.6 is 0 Å². The molecule has 8 nitrogen and oxygen atoms in total. The number of aromatic hydroxyl groups is 1. The first-order chi connectivity index (χ1) is 19.9. The quantitative estimate of drug-likeness (QED) is 0.253. The number of hydrogen-bond donors (Lipinski definition) is 3. The Morgan fingerprint density at radius 2 is 1.42 bits per heavy atom. The lowest BCUT2D eigenvalue weighted by atomic mass is 9.94. The Labute approximate surface area is 258 Å². The zero-order valence-corrected chi connectivity index (χ0v) is 27.8. The first-order valence-electron chi connectivity index (χ1n) is 15.4. The molecule has 0 bridgehead atoms. The molecular weight excluding hydrogens is 542 g/mol. The van der Waals surface area contributed by atoms with E-state index in [1.54, 1.807) is 49.9 Å². The molecule has 3 atom stereocenters. The van der Waals surface area contributed by atoms with Crippen LogP contribution < -0.4 is 10.6 Å². The summed E-state index contributed by atoms with van der Waals surface area (Å²) in [7, 11) is 0. The predicted octanol–water partition coefficient (Wildman–Crippen LogP) is 6.70. The summed E-state index contributed by atoms with van der Waals surface area (Å²) in [6.45, 7) is 19.3. The number of hydrogen-bond acceptors (Lipinski definition) is 5. The number of ether oxygens (including phenoxy) is 1. The molecule has 0 aliphatic heterocycles. The van der Waals surface area contributed by atoms with Gasteiger partial charge in [0.05, 0.1) is 0 Å². The summed E-state index contributed by atoms with van der Waals surface area (Å²) >= 11 is 0. The molecule has 0 spiro atoms. The number of amides is 3. The molecule has 0 aliphatic rings. The van der Waals surface area contributed by atoms with Gasteiger partial charge in [-0.3, -0.25) is 9.59 Å². The van der Waals surface area contributed by atoms with Crippen molar-refractivity contribution >= 4 is 17.9 Å². The van der Waals surface area contributed by atoms with E-state index in [4.69, 9.17) is 4.74 Å². The number of aryl methyl sites for hydroxylation is 1. The van der Waals surface area contributed by atoms with Gasteiger partial charge in [0.25, 0.3) is 0 Å². The van der Waals surface area contributed by atoms with Crippen molar-refractivity contribution in [2.75, 3.05) is 0 Å². The first-order valence-corrected chi connectivity index (χ1v) is 15.4. The fourth-order valence-electron chi connectivity index (χ4n) is 4.82. The second-order valence-corrected chi connectivity index (χ2v) is 13.9. The first kappa shape index (κ1) is 35.6. The van der Waals surface area contributed by atoms with E-state index in [2.05, 4.69) is 31.4 Å². The summed E-state index contributed by atoms with van der Waals surface area (Å²) < 4.78 is 5.54. The smallest absolute Gasteiger partial charge is 0.408 e. The van der Waals surface area contributed by atoms with E-state index < -0.39 is 29.3 Å². The van der Waals surface area contributed by atoms with Crippen LogP contribution in [0.1, 0.15) is 105 Å². The Morgan fingerprint density at radius 1 is 0.860 bits per heavy atom. The van der Waals surface area contributed by atoms with Crippen molar-refractivity contribution in [3.63, 3.8) is 0 Å². The maximum atomic E-state index is 14.7. The summed E-state index contributed by atoms with van der Waals surface area (Å²) in [4.78, 5) is 43.5. The third kappa shape index (κ3) is 11.9. The van der Waals surface area contributed by atoms with Crippen LogP contribution in [0.25, 0.3) is 0 Å². The lowest BCUT2D eigenvalue weighted by molar-refractivity contribution is -0.145. The number of benzene rings is 2. The molecule has 0 heterocycles. The maximum absolute atomic E-state index is 14.7. The molecule has 238 valence electrons. The van der Waals surface area contributed by atoms with Crippen molar-refractivity contribution in [3.8, 4) is 5.75 Å². The lowest BCUT2D eigenvalue weighted by Gasteiger charge is -2.40. The van der Waals surface area contributed by atoms with Gasteiger partial charge in [0, 0.05) is 18.0 Å². The zero-order chi connectivity index (χ0) is 32.5. The third-order valence-corrected chi connectivity index (χ3v) is 6.98. The highest BCUT2D eigenvalue weighted by Gasteiger charge is 2.39. The fraction of sp³-hybridized carbons (Fsp3) is 0.571. The summed E-state index contributed by atoms with van der Waals surface area (Å²) in [6, 6.07) is 12.0. The molecule has 0 radical (unpaired) electrons. The number of rotatable bonds is 12. The van der Waals surface area contributed by atoms with Crippen LogP contribution in [-0.4, -0.2) is 51.1 Å². The number of nitrogens with one attached hydrogen (secondary N) is 2. The lowest BCUT2D eigenvalue weighted by Crippen LogP contribution is -2.57. The highest BCUT2D eigenvalue weighted by Crippen LogP contribution is 2.29. The van der Waals surface area contributed by atoms with Gasteiger partial charge >= 0.3 is 6.09 Å². The number of carbonyl (C=O) groups is 3. The van der Waals surface area contributed by atoms with E-state index in [0.717, 1.165) is 24.0 Å². The molecule has 0 saturated carbocycles. The van der Waals surface area contributed by atoms with Gasteiger partial charge in [-0.1, -0.05) is 57.2 Å². The van der Waals surface area contributed by atoms with Crippen molar-refractivity contribution in [2.45, 2.75) is 124 Å². The van der Waals surface area contributed by atoms with E-state index in [1.807, 2.05) is 52.0 Å². The summed E-state index contributed by atoms with van der Waals surface area (Å²) in [5.74, 6) is -0.172. The summed E-state index contributed by atoms with van der Waals surface area (Å²) in [5, 5.41) is 15.7. The average molecular weight is 596 g/mol. The largest absolute Gasteiger partial charge is 0.508 e. The SMILES string of the molecule is CCc1ccc(C(C(=O)NC(C)(C)C)N(C(=O)C(Cc2ccc(O)cc2)NC(=O)OC(C)(C)C)C(C)CCC(C)C)cc1. The van der Waals surface area contributed by atoms with Crippen molar-refractivity contribution < 1.29 is 24.2 Å². The van der Waals surface area contributed by atoms with Crippen LogP contribution in [0.15, 0.2) is 48.5 Å². The number of phenolic OH excluding ortho intramolecular Hbond substituents is 1. The number of phenols is 1. The van der Waals surface area contributed by atoms with Gasteiger partial charge in [0.2, 0.25) is 11.8 Å². The monoisotopic (exact) mass is 595 g/mol. The van der Waals surface area contributed by atoms with Gasteiger partial charge < -0.3 is 25.4 Å². The highest BCUT2D eigenvalue weighted by molar-refractivity contribution is 5.92. The van der Waals surface area contributed by atoms with Crippen molar-refractivity contribution in [2.24, 2.45) is 5.92 Å². The maximum Gasteiger partial charge on any atom is 0.408 e. The second-order valence-electron chi connectivity index (χ2n) is 13.9. The van der Waals surface area contributed by atoms with Crippen LogP contribution in [0.5, 0.6) is 5.75 Å². The molecule has 2 rings (SSSR count). The van der Waals surface area contributed by atoms with Gasteiger partial charge in [0.1, 0.15) is 23.4 Å². The Kier molecular flexibility index (Phi) is 12.6. The molecular formula is C35H53N3O5. The molecule has 2 aromatic rings. The van der Waals surface area contributed by atoms with Gasteiger partial charge in [0.15, 0.2) is 0 Å². The van der Waals surface area contributed by atoms with Crippen molar-refractivity contribution in [3.05, 3.63) is 65.2 Å². The van der Waals surface area contributed by atoms with E-state index in [-0.39, 0.29) is 30.0 Å². The molecule has 2 aromatic carbocycles. The van der Waals surface area contributed by atoms with E-state index in [0.29, 0.717) is 17.9 Å². The minimum atomic E-state index is -1.03. The number of carbonyl (C=O) groups excluding carboxylic acids is 3. The van der Waals surface area contributed by atoms with Gasteiger partial charge in [-0.05, 0) is 102 Å². The Bertz CT molecular complexity index is 1190. The van der Waals surface area contributed by atoms with Crippen LogP contribution in [-0.2, 0) is 27.2 Å². The Hall–Kier alpha value is -3.55. The second kappa shape index (κ2) is 15.3. The molecule has 0 fully saturated rings. The Morgan fingerprint density at radius 3 is 1.91 bits per heavy atom. The minimum absolute atomic E-state index is 0.102. The molecule has 3 amide bonds. The van der Waals surface area contributed by atoms with Crippen LogP contribution in [0.3, 0.4) is 0 Å². The van der Waals surface area contributed by atoms with Gasteiger partial charge in [-0.2, -0.15) is 0 Å². The topological polar surface area (TPSA) is 108 Å². The third-order valence-electron chi connectivity index (χ3n) is 6.98. The average Bonchev–Trinajstić information content (AvgIpc) is 2.88. The molecule has 0 saturated heterocycles. The summed E-state index contributed by atoms with van der Waals surface area (Å²) in [5.41, 5.74) is 1.27. The highest BCUT2D eigenvalue weighted by atomic mass is 16.6. The van der Waals surface area contributed by atoms with Crippen LogP contribution in [0.2, 0.25) is 0 Å². The molecule has 3 N–H and O–H groups in total.